The molecule has 0 saturated carbocycles. The van der Waals surface area contributed by atoms with E-state index in [1.807, 2.05) is 31.2 Å². The first-order valence-corrected chi connectivity index (χ1v) is 5.30. The van der Waals surface area contributed by atoms with Gasteiger partial charge in [0.15, 0.2) is 11.6 Å². The molecule has 0 saturated heterocycles. The predicted octanol–water partition coefficient (Wildman–Crippen LogP) is 1.57. The van der Waals surface area contributed by atoms with Gasteiger partial charge in [-0.1, -0.05) is 29.8 Å². The molecule has 4 nitrogen and oxygen atoms in total. The van der Waals surface area contributed by atoms with Crippen LogP contribution in [0.25, 0.3) is 0 Å². The maximum atomic E-state index is 12.9. The van der Waals surface area contributed by atoms with Crippen molar-refractivity contribution in [3.8, 4) is 0 Å². The minimum Gasteiger partial charge on any atom is -0.460 e. The largest absolute Gasteiger partial charge is 0.460 e. The molecule has 0 spiro atoms. The molecule has 0 aromatic heterocycles. The van der Waals surface area contributed by atoms with Crippen LogP contribution in [-0.2, 0) is 11.3 Å². The number of halogens is 1. The fourth-order valence-electron chi connectivity index (χ4n) is 1.37. The van der Waals surface area contributed by atoms with E-state index in [1.54, 1.807) is 0 Å². The van der Waals surface area contributed by atoms with E-state index in [1.165, 1.54) is 5.56 Å². The van der Waals surface area contributed by atoms with Gasteiger partial charge in [-0.3, -0.25) is 0 Å². The quantitative estimate of drug-likeness (QED) is 0.818. The van der Waals surface area contributed by atoms with Gasteiger partial charge in [0.25, 0.3) is 6.02 Å². The molecule has 1 aliphatic heterocycles. The molecule has 1 aromatic carbocycles. The second-order valence-electron chi connectivity index (χ2n) is 3.83. The standard InChI is InChI=1S/C12H14FN3O/c1-8-2-4-9(5-3-8)7-17-12-15-6-10(13)11(14)16-12/h2-5H,6-7,14H2,1H3,(H,15,16). The lowest BCUT2D eigenvalue weighted by atomic mass is 10.2. The Balaban J connectivity index is 1.95. The number of amidine groups is 1. The van der Waals surface area contributed by atoms with Crippen LogP contribution in [0.15, 0.2) is 40.9 Å². The third-order valence-electron chi connectivity index (χ3n) is 2.39. The SMILES string of the molecule is Cc1ccc(COC2=NC(N)=C(F)CN2)cc1. The van der Waals surface area contributed by atoms with Crippen molar-refractivity contribution in [1.29, 1.82) is 0 Å². The second-order valence-corrected chi connectivity index (χ2v) is 3.83. The van der Waals surface area contributed by atoms with Gasteiger partial charge in [-0.15, -0.1) is 0 Å². The topological polar surface area (TPSA) is 59.6 Å². The molecule has 0 aliphatic carbocycles. The monoisotopic (exact) mass is 235 g/mol. The number of hydrogen-bond donors (Lipinski definition) is 2. The van der Waals surface area contributed by atoms with Crippen LogP contribution < -0.4 is 11.1 Å². The van der Waals surface area contributed by atoms with Crippen molar-refractivity contribution in [2.45, 2.75) is 13.5 Å². The minimum atomic E-state index is -0.465. The highest BCUT2D eigenvalue weighted by atomic mass is 19.1. The number of nitrogens with two attached hydrogens (primary N) is 1. The lowest BCUT2D eigenvalue weighted by Gasteiger charge is -2.15. The Morgan fingerprint density at radius 2 is 2.12 bits per heavy atom. The summed E-state index contributed by atoms with van der Waals surface area (Å²) in [4.78, 5) is 3.76. The summed E-state index contributed by atoms with van der Waals surface area (Å²) in [5, 5.41) is 2.70. The zero-order valence-electron chi connectivity index (χ0n) is 9.53. The maximum Gasteiger partial charge on any atom is 0.292 e. The molecule has 0 amide bonds. The Morgan fingerprint density at radius 3 is 2.76 bits per heavy atom. The Kier molecular flexibility index (Phi) is 3.27. The molecular formula is C12H14FN3O. The number of aryl methyl sites for hydroxylation is 1. The van der Waals surface area contributed by atoms with Crippen LogP contribution in [0.4, 0.5) is 4.39 Å². The van der Waals surface area contributed by atoms with Crippen LogP contribution in [0.5, 0.6) is 0 Å². The van der Waals surface area contributed by atoms with Crippen LogP contribution in [0.3, 0.4) is 0 Å². The van der Waals surface area contributed by atoms with Crippen LogP contribution in [0.2, 0.25) is 0 Å². The molecule has 5 heteroatoms. The van der Waals surface area contributed by atoms with Gasteiger partial charge in [0.2, 0.25) is 0 Å². The summed E-state index contributed by atoms with van der Waals surface area (Å²) in [7, 11) is 0. The summed E-state index contributed by atoms with van der Waals surface area (Å²) in [5.41, 5.74) is 7.57. The molecular weight excluding hydrogens is 221 g/mol. The van der Waals surface area contributed by atoms with Crippen LogP contribution >= 0.6 is 0 Å². The summed E-state index contributed by atoms with van der Waals surface area (Å²) in [6.45, 7) is 2.42. The lowest BCUT2D eigenvalue weighted by Crippen LogP contribution is -2.32. The van der Waals surface area contributed by atoms with Crippen LogP contribution in [0, 0.1) is 6.92 Å². The Bertz CT molecular complexity index is 465. The molecule has 1 aliphatic rings. The predicted molar refractivity (Wildman–Crippen MR) is 63.7 cm³/mol. The highest BCUT2D eigenvalue weighted by molar-refractivity contribution is 5.76. The van der Waals surface area contributed by atoms with E-state index < -0.39 is 5.83 Å². The first kappa shape index (κ1) is 11.4. The molecule has 17 heavy (non-hydrogen) atoms. The Hall–Kier alpha value is -2.04. The second kappa shape index (κ2) is 4.86. The summed E-state index contributed by atoms with van der Waals surface area (Å²) >= 11 is 0. The van der Waals surface area contributed by atoms with E-state index in [4.69, 9.17) is 10.5 Å². The third-order valence-corrected chi connectivity index (χ3v) is 2.39. The van der Waals surface area contributed by atoms with Crippen LogP contribution in [-0.4, -0.2) is 12.6 Å². The summed E-state index contributed by atoms with van der Waals surface area (Å²) in [5.74, 6) is -0.588. The smallest absolute Gasteiger partial charge is 0.292 e. The van der Waals surface area contributed by atoms with Crippen molar-refractivity contribution >= 4 is 6.02 Å². The Morgan fingerprint density at radius 1 is 1.41 bits per heavy atom. The van der Waals surface area contributed by atoms with Gasteiger partial charge in [-0.2, -0.15) is 4.99 Å². The average Bonchev–Trinajstić information content (AvgIpc) is 2.33. The van der Waals surface area contributed by atoms with Crippen molar-refractivity contribution in [3.63, 3.8) is 0 Å². The molecule has 1 aromatic rings. The summed E-state index contributed by atoms with van der Waals surface area (Å²) in [6, 6.07) is 8.20. The van der Waals surface area contributed by atoms with E-state index in [2.05, 4.69) is 10.3 Å². The number of ether oxygens (including phenoxy) is 1. The highest BCUT2D eigenvalue weighted by Crippen LogP contribution is 2.08. The van der Waals surface area contributed by atoms with Gasteiger partial charge in [-0.05, 0) is 12.5 Å². The van der Waals surface area contributed by atoms with Gasteiger partial charge in [-0.25, -0.2) is 4.39 Å². The van der Waals surface area contributed by atoms with E-state index >= 15 is 0 Å². The molecule has 0 atom stereocenters. The first-order chi connectivity index (χ1) is 8.15. The number of rotatable bonds is 2. The van der Waals surface area contributed by atoms with Gasteiger partial charge in [0, 0.05) is 0 Å². The normalized spacial score (nSPS) is 15.3. The van der Waals surface area contributed by atoms with Crippen molar-refractivity contribution < 1.29 is 9.13 Å². The zero-order valence-corrected chi connectivity index (χ0v) is 9.53. The Labute approximate surface area is 99.0 Å². The molecule has 0 bridgehead atoms. The van der Waals surface area contributed by atoms with Gasteiger partial charge >= 0.3 is 0 Å². The number of hydrogen-bond acceptors (Lipinski definition) is 4. The summed E-state index contributed by atoms with van der Waals surface area (Å²) in [6.07, 6.45) is 0. The number of aliphatic imine (C=N–C) groups is 1. The zero-order chi connectivity index (χ0) is 12.3. The van der Waals surface area contributed by atoms with E-state index in [-0.39, 0.29) is 18.4 Å². The average molecular weight is 235 g/mol. The molecule has 1 heterocycles. The van der Waals surface area contributed by atoms with E-state index in [0.717, 1.165) is 5.56 Å². The third kappa shape index (κ3) is 2.96. The van der Waals surface area contributed by atoms with Crippen molar-refractivity contribution in [1.82, 2.24) is 5.32 Å². The lowest BCUT2D eigenvalue weighted by molar-refractivity contribution is 0.274. The fourth-order valence-corrected chi connectivity index (χ4v) is 1.37. The van der Waals surface area contributed by atoms with Gasteiger partial charge in [0.05, 0.1) is 6.54 Å². The van der Waals surface area contributed by atoms with Crippen molar-refractivity contribution in [2.24, 2.45) is 10.7 Å². The number of benzene rings is 1. The first-order valence-electron chi connectivity index (χ1n) is 5.30. The maximum absolute atomic E-state index is 12.9. The molecule has 90 valence electrons. The molecule has 0 unspecified atom stereocenters. The van der Waals surface area contributed by atoms with E-state index in [0.29, 0.717) is 6.61 Å². The minimum absolute atomic E-state index is 0.0264. The van der Waals surface area contributed by atoms with Crippen LogP contribution in [0.1, 0.15) is 11.1 Å². The van der Waals surface area contributed by atoms with Gasteiger partial charge in [0.1, 0.15) is 6.61 Å². The van der Waals surface area contributed by atoms with Gasteiger partial charge < -0.3 is 15.8 Å². The highest BCUT2D eigenvalue weighted by Gasteiger charge is 2.12. The number of nitrogens with zero attached hydrogens (tertiary/aromatic N) is 1. The molecule has 3 N–H and O–H groups in total. The van der Waals surface area contributed by atoms with Crippen molar-refractivity contribution in [3.05, 3.63) is 47.0 Å². The molecule has 2 rings (SSSR count). The van der Waals surface area contributed by atoms with Crippen molar-refractivity contribution in [2.75, 3.05) is 6.54 Å². The fraction of sp³-hybridized carbons (Fsp3) is 0.250. The van der Waals surface area contributed by atoms with E-state index in [9.17, 15) is 4.39 Å². The molecule has 0 fully saturated rings. The summed E-state index contributed by atoms with van der Waals surface area (Å²) < 4.78 is 18.3. The number of nitrogens with one attached hydrogen (secondary N) is 1. The molecule has 0 radical (unpaired) electrons.